The quantitative estimate of drug-likeness (QED) is 0.621. The molecular weight excluding hydrogens is 420 g/mol. The molecule has 1 fully saturated rings. The van der Waals surface area contributed by atoms with Crippen molar-refractivity contribution in [3.8, 4) is 33.4 Å². The van der Waals surface area contributed by atoms with Crippen LogP contribution in [-0.4, -0.2) is 32.1 Å². The molecule has 0 spiro atoms. The standard InChI is InChI=1S/C23H19F2N3O2S/c1-30-20-5-4-14(9-19(20)25)22-17(13-2-3-15(11-26)18(24)8-13)10-21(31-22)23(29)28-16-6-7-27-12-16/h2-5,8-10,16,27H,6-7,12H2,1H3,(H,28,29)/t16-/m1/s1. The summed E-state index contributed by atoms with van der Waals surface area (Å²) in [5.74, 6) is -1.30. The van der Waals surface area contributed by atoms with E-state index >= 15 is 0 Å². The molecule has 1 aliphatic heterocycles. The van der Waals surface area contributed by atoms with E-state index in [-0.39, 0.29) is 23.3 Å². The fourth-order valence-corrected chi connectivity index (χ4v) is 4.63. The van der Waals surface area contributed by atoms with Gasteiger partial charge >= 0.3 is 0 Å². The second kappa shape index (κ2) is 8.84. The number of ether oxygens (including phenoxy) is 1. The molecule has 0 radical (unpaired) electrons. The molecule has 158 valence electrons. The summed E-state index contributed by atoms with van der Waals surface area (Å²) in [6, 6.07) is 12.3. The lowest BCUT2D eigenvalue weighted by Crippen LogP contribution is -2.35. The van der Waals surface area contributed by atoms with E-state index in [1.165, 1.54) is 42.7 Å². The van der Waals surface area contributed by atoms with Gasteiger partial charge in [-0.3, -0.25) is 4.79 Å². The Hall–Kier alpha value is -3.28. The van der Waals surface area contributed by atoms with Crippen LogP contribution in [0, 0.1) is 23.0 Å². The molecule has 5 nitrogen and oxygen atoms in total. The molecule has 2 heterocycles. The Labute approximate surface area is 182 Å². The topological polar surface area (TPSA) is 74.2 Å². The number of methoxy groups -OCH3 is 1. The van der Waals surface area contributed by atoms with E-state index < -0.39 is 11.6 Å². The second-order valence-corrected chi connectivity index (χ2v) is 8.22. The van der Waals surface area contributed by atoms with Crippen molar-refractivity contribution in [2.24, 2.45) is 0 Å². The van der Waals surface area contributed by atoms with Crippen LogP contribution in [0.15, 0.2) is 42.5 Å². The summed E-state index contributed by atoms with van der Waals surface area (Å²) in [5.41, 5.74) is 1.57. The van der Waals surface area contributed by atoms with Gasteiger partial charge in [0.05, 0.1) is 17.6 Å². The van der Waals surface area contributed by atoms with Crippen LogP contribution in [0.2, 0.25) is 0 Å². The van der Waals surface area contributed by atoms with Gasteiger partial charge in [0.25, 0.3) is 5.91 Å². The number of hydrogen-bond donors (Lipinski definition) is 2. The van der Waals surface area contributed by atoms with Crippen LogP contribution in [0.5, 0.6) is 5.75 Å². The highest BCUT2D eigenvalue weighted by Gasteiger charge is 2.22. The van der Waals surface area contributed by atoms with Crippen molar-refractivity contribution in [2.45, 2.75) is 12.5 Å². The highest BCUT2D eigenvalue weighted by Crippen LogP contribution is 2.41. The maximum absolute atomic E-state index is 14.4. The normalized spacial score (nSPS) is 15.5. The average Bonchev–Trinajstić information content (AvgIpc) is 3.43. The van der Waals surface area contributed by atoms with Crippen molar-refractivity contribution in [3.05, 3.63) is 64.5 Å². The van der Waals surface area contributed by atoms with Crippen molar-refractivity contribution < 1.29 is 18.3 Å². The summed E-state index contributed by atoms with van der Waals surface area (Å²) in [6.07, 6.45) is 0.849. The molecule has 31 heavy (non-hydrogen) atoms. The molecule has 1 saturated heterocycles. The average molecular weight is 439 g/mol. The summed E-state index contributed by atoms with van der Waals surface area (Å²) < 4.78 is 33.6. The fraction of sp³-hybridized carbons (Fsp3) is 0.217. The molecule has 1 aromatic heterocycles. The van der Waals surface area contributed by atoms with Crippen LogP contribution in [0.3, 0.4) is 0 Å². The van der Waals surface area contributed by atoms with Crippen LogP contribution in [0.4, 0.5) is 8.78 Å². The molecule has 1 aliphatic rings. The summed E-state index contributed by atoms with van der Waals surface area (Å²) >= 11 is 1.21. The third-order valence-corrected chi connectivity index (χ3v) is 6.35. The lowest BCUT2D eigenvalue weighted by atomic mass is 10.0. The van der Waals surface area contributed by atoms with E-state index in [2.05, 4.69) is 10.6 Å². The predicted octanol–water partition coefficient (Wildman–Crippen LogP) is 4.33. The van der Waals surface area contributed by atoms with Gasteiger partial charge in [-0.15, -0.1) is 11.3 Å². The van der Waals surface area contributed by atoms with Crippen LogP contribution in [0.25, 0.3) is 21.6 Å². The Bertz CT molecular complexity index is 1180. The molecule has 1 atom stereocenters. The van der Waals surface area contributed by atoms with Crippen molar-refractivity contribution in [1.82, 2.24) is 10.6 Å². The zero-order valence-electron chi connectivity index (χ0n) is 16.7. The summed E-state index contributed by atoms with van der Waals surface area (Å²) in [7, 11) is 1.38. The van der Waals surface area contributed by atoms with E-state index in [4.69, 9.17) is 10.00 Å². The Morgan fingerprint density at radius 1 is 1.19 bits per heavy atom. The lowest BCUT2D eigenvalue weighted by Gasteiger charge is -2.09. The lowest BCUT2D eigenvalue weighted by molar-refractivity contribution is 0.0944. The number of hydrogen-bond acceptors (Lipinski definition) is 5. The van der Waals surface area contributed by atoms with E-state index in [9.17, 15) is 13.6 Å². The van der Waals surface area contributed by atoms with Crippen molar-refractivity contribution >= 4 is 17.2 Å². The number of nitrogens with zero attached hydrogens (tertiary/aromatic N) is 1. The highest BCUT2D eigenvalue weighted by atomic mass is 32.1. The first kappa shape index (κ1) is 21.0. The van der Waals surface area contributed by atoms with Gasteiger partial charge in [0.1, 0.15) is 11.9 Å². The molecule has 2 N–H and O–H groups in total. The van der Waals surface area contributed by atoms with Crippen LogP contribution < -0.4 is 15.4 Å². The maximum Gasteiger partial charge on any atom is 0.261 e. The van der Waals surface area contributed by atoms with Crippen molar-refractivity contribution in [2.75, 3.05) is 20.2 Å². The predicted molar refractivity (Wildman–Crippen MR) is 115 cm³/mol. The van der Waals surface area contributed by atoms with Gasteiger partial charge in [0.15, 0.2) is 11.6 Å². The monoisotopic (exact) mass is 439 g/mol. The minimum Gasteiger partial charge on any atom is -0.494 e. The molecule has 0 saturated carbocycles. The first-order valence-electron chi connectivity index (χ1n) is 9.69. The Morgan fingerprint density at radius 3 is 2.61 bits per heavy atom. The van der Waals surface area contributed by atoms with E-state index in [0.717, 1.165) is 13.0 Å². The first-order valence-corrected chi connectivity index (χ1v) is 10.5. The summed E-state index contributed by atoms with van der Waals surface area (Å²) in [5, 5.41) is 15.2. The second-order valence-electron chi connectivity index (χ2n) is 7.17. The van der Waals surface area contributed by atoms with Gasteiger partial charge in [-0.1, -0.05) is 6.07 Å². The number of rotatable bonds is 5. The third kappa shape index (κ3) is 4.29. The molecule has 3 aromatic rings. The largest absolute Gasteiger partial charge is 0.494 e. The van der Waals surface area contributed by atoms with Crippen molar-refractivity contribution in [3.63, 3.8) is 0 Å². The zero-order chi connectivity index (χ0) is 22.0. The van der Waals surface area contributed by atoms with Crippen LogP contribution >= 0.6 is 11.3 Å². The molecule has 8 heteroatoms. The number of thiophene rings is 1. The SMILES string of the molecule is COc1ccc(-c2sc(C(=O)N[C@@H]3CCNC3)cc2-c2ccc(C#N)c(F)c2)cc1F. The van der Waals surface area contributed by atoms with Gasteiger partial charge in [0, 0.05) is 23.0 Å². The minimum absolute atomic E-state index is 0.0484. The van der Waals surface area contributed by atoms with Crippen molar-refractivity contribution in [1.29, 1.82) is 5.26 Å². The molecule has 0 bridgehead atoms. The summed E-state index contributed by atoms with van der Waals surface area (Å²) in [6.45, 7) is 1.56. The number of nitrogens with one attached hydrogen (secondary N) is 2. The Kier molecular flexibility index (Phi) is 5.98. The van der Waals surface area contributed by atoms with E-state index in [1.54, 1.807) is 24.3 Å². The highest BCUT2D eigenvalue weighted by molar-refractivity contribution is 7.18. The molecule has 1 amide bonds. The van der Waals surface area contributed by atoms with E-state index in [1.807, 2.05) is 0 Å². The third-order valence-electron chi connectivity index (χ3n) is 5.17. The van der Waals surface area contributed by atoms with Crippen LogP contribution in [-0.2, 0) is 0 Å². The number of carbonyl (C=O) groups excluding carboxylic acids is 1. The first-order chi connectivity index (χ1) is 15.0. The van der Waals surface area contributed by atoms with Gasteiger partial charge < -0.3 is 15.4 Å². The van der Waals surface area contributed by atoms with Crippen LogP contribution in [0.1, 0.15) is 21.7 Å². The Balaban J connectivity index is 1.78. The summed E-state index contributed by atoms with van der Waals surface area (Å²) in [4.78, 5) is 13.9. The smallest absolute Gasteiger partial charge is 0.261 e. The Morgan fingerprint density at radius 2 is 1.97 bits per heavy atom. The zero-order valence-corrected chi connectivity index (χ0v) is 17.5. The number of nitriles is 1. The number of amides is 1. The minimum atomic E-state index is -0.652. The molecular formula is C23H19F2N3O2S. The van der Waals surface area contributed by atoms with Gasteiger partial charge in [-0.2, -0.15) is 5.26 Å². The van der Waals surface area contributed by atoms with Gasteiger partial charge in [0.2, 0.25) is 0 Å². The molecule has 0 aliphatic carbocycles. The van der Waals surface area contributed by atoms with Gasteiger partial charge in [-0.25, -0.2) is 8.78 Å². The van der Waals surface area contributed by atoms with E-state index in [0.29, 0.717) is 33.0 Å². The number of benzene rings is 2. The number of carbonyl (C=O) groups is 1. The maximum atomic E-state index is 14.4. The molecule has 2 aromatic carbocycles. The number of halogens is 2. The van der Waals surface area contributed by atoms with Gasteiger partial charge in [-0.05, 0) is 60.5 Å². The fourth-order valence-electron chi connectivity index (χ4n) is 3.55. The molecule has 0 unspecified atom stereocenters. The molecule has 4 rings (SSSR count).